The fourth-order valence-corrected chi connectivity index (χ4v) is 2.53. The summed E-state index contributed by atoms with van der Waals surface area (Å²) in [5.41, 5.74) is 8.06. The number of hydrogen-bond donors (Lipinski definition) is 1. The molecule has 100 valence electrons. The summed E-state index contributed by atoms with van der Waals surface area (Å²) in [6.07, 6.45) is 2.48. The molecule has 2 rings (SSSR count). The van der Waals surface area contributed by atoms with Crippen molar-refractivity contribution in [3.05, 3.63) is 45.4 Å². The molecule has 1 aromatic heterocycles. The molecule has 1 heterocycles. The van der Waals surface area contributed by atoms with Crippen LogP contribution in [0.15, 0.2) is 24.4 Å². The van der Waals surface area contributed by atoms with Gasteiger partial charge in [0.1, 0.15) is 10.7 Å². The quantitative estimate of drug-likeness (QED) is 0.861. The minimum absolute atomic E-state index is 0.402. The van der Waals surface area contributed by atoms with Crippen molar-refractivity contribution in [1.82, 2.24) is 4.98 Å². The van der Waals surface area contributed by atoms with Crippen molar-refractivity contribution in [2.75, 3.05) is 6.61 Å². The third kappa shape index (κ3) is 3.75. The molecule has 0 aliphatic carbocycles. The second kappa shape index (κ2) is 6.12. The third-order valence-corrected chi connectivity index (χ3v) is 4.30. The smallest absolute Gasteiger partial charge is 0.119 e. The van der Waals surface area contributed by atoms with E-state index in [-0.39, 0.29) is 0 Å². The lowest BCUT2D eigenvalue weighted by molar-refractivity contribution is 0.321. The van der Waals surface area contributed by atoms with Crippen molar-refractivity contribution in [2.45, 2.75) is 20.3 Å². The second-order valence-electron chi connectivity index (χ2n) is 4.33. The molecule has 19 heavy (non-hydrogen) atoms. The van der Waals surface area contributed by atoms with Crippen molar-refractivity contribution in [2.24, 2.45) is 5.73 Å². The highest BCUT2D eigenvalue weighted by Crippen LogP contribution is 2.17. The number of benzene rings is 1. The molecule has 0 aliphatic heterocycles. The first-order valence-corrected chi connectivity index (χ1v) is 7.23. The van der Waals surface area contributed by atoms with Gasteiger partial charge in [0, 0.05) is 12.6 Å². The molecule has 1 aromatic carbocycles. The molecule has 2 aromatic rings. The molecular weight excluding hydrogens is 276 g/mol. The topological polar surface area (TPSA) is 48.1 Å². The maximum Gasteiger partial charge on any atom is 0.119 e. The van der Waals surface area contributed by atoms with Gasteiger partial charge in [-0.25, -0.2) is 4.98 Å². The number of thiazole rings is 1. The van der Waals surface area contributed by atoms with Crippen molar-refractivity contribution in [3.8, 4) is 5.75 Å². The minimum Gasteiger partial charge on any atom is -0.493 e. The van der Waals surface area contributed by atoms with Crippen LogP contribution in [0.1, 0.15) is 21.0 Å². The number of nitrogens with two attached hydrogens (primary N) is 1. The zero-order valence-electron chi connectivity index (χ0n) is 11.0. The Kier molecular flexibility index (Phi) is 4.50. The van der Waals surface area contributed by atoms with E-state index < -0.39 is 0 Å². The summed E-state index contributed by atoms with van der Waals surface area (Å²) in [5, 5.41) is 0.992. The fraction of sp³-hybridized carbons (Fsp3) is 0.286. The maximum absolute atomic E-state index is 5.72. The van der Waals surface area contributed by atoms with Gasteiger partial charge in [-0.15, -0.1) is 11.3 Å². The normalized spacial score (nSPS) is 10.4. The van der Waals surface area contributed by atoms with Crippen LogP contribution in [-0.4, -0.2) is 16.6 Å². The first-order chi connectivity index (χ1) is 9.06. The van der Waals surface area contributed by atoms with Crippen molar-refractivity contribution >= 4 is 28.5 Å². The van der Waals surface area contributed by atoms with Crippen molar-refractivity contribution in [3.63, 3.8) is 0 Å². The lowest BCUT2D eigenvalue weighted by Crippen LogP contribution is -2.06. The van der Waals surface area contributed by atoms with E-state index in [0.29, 0.717) is 11.6 Å². The SMILES string of the molecule is Cc1ccc(OCCc2ncc(C(N)=S)s2)cc1C. The van der Waals surface area contributed by atoms with Crippen molar-refractivity contribution in [1.29, 1.82) is 0 Å². The number of aromatic nitrogens is 1. The summed E-state index contributed by atoms with van der Waals surface area (Å²) in [6.45, 7) is 4.77. The molecule has 0 unspecified atom stereocenters. The fourth-order valence-electron chi connectivity index (χ4n) is 1.60. The molecule has 0 amide bonds. The van der Waals surface area contributed by atoms with Gasteiger partial charge < -0.3 is 10.5 Å². The Labute approximate surface area is 122 Å². The Morgan fingerprint density at radius 1 is 1.37 bits per heavy atom. The third-order valence-electron chi connectivity index (χ3n) is 2.86. The number of ether oxygens (including phenoxy) is 1. The van der Waals surface area contributed by atoms with E-state index in [1.807, 2.05) is 6.07 Å². The highest BCUT2D eigenvalue weighted by atomic mass is 32.1. The Morgan fingerprint density at radius 2 is 2.16 bits per heavy atom. The average Bonchev–Trinajstić information content (AvgIpc) is 2.83. The number of rotatable bonds is 5. The summed E-state index contributed by atoms with van der Waals surface area (Å²) in [5.74, 6) is 0.897. The van der Waals surface area contributed by atoms with Gasteiger partial charge in [-0.1, -0.05) is 18.3 Å². The maximum atomic E-state index is 5.72. The largest absolute Gasteiger partial charge is 0.493 e. The van der Waals surface area contributed by atoms with E-state index in [1.165, 1.54) is 22.5 Å². The van der Waals surface area contributed by atoms with Crippen LogP contribution in [0.4, 0.5) is 0 Å². The van der Waals surface area contributed by atoms with Crippen LogP contribution in [0.25, 0.3) is 0 Å². The molecule has 3 nitrogen and oxygen atoms in total. The molecule has 0 bridgehead atoms. The molecule has 0 saturated carbocycles. The minimum atomic E-state index is 0.402. The van der Waals surface area contributed by atoms with E-state index in [9.17, 15) is 0 Å². The van der Waals surface area contributed by atoms with E-state index >= 15 is 0 Å². The van der Waals surface area contributed by atoms with Gasteiger partial charge in [0.15, 0.2) is 0 Å². The van der Waals surface area contributed by atoms with Gasteiger partial charge in [0.25, 0.3) is 0 Å². The monoisotopic (exact) mass is 292 g/mol. The molecule has 0 spiro atoms. The number of aryl methyl sites for hydroxylation is 2. The zero-order valence-corrected chi connectivity index (χ0v) is 12.6. The highest BCUT2D eigenvalue weighted by Gasteiger charge is 2.04. The van der Waals surface area contributed by atoms with Crippen molar-refractivity contribution < 1.29 is 4.74 Å². The van der Waals surface area contributed by atoms with Crippen LogP contribution >= 0.6 is 23.6 Å². The van der Waals surface area contributed by atoms with Crippen LogP contribution in [0.5, 0.6) is 5.75 Å². The van der Waals surface area contributed by atoms with Gasteiger partial charge in [0.2, 0.25) is 0 Å². The summed E-state index contributed by atoms with van der Waals surface area (Å²) in [6, 6.07) is 6.11. The Bertz CT molecular complexity index is 593. The van der Waals surface area contributed by atoms with E-state index in [1.54, 1.807) is 6.20 Å². The van der Waals surface area contributed by atoms with Gasteiger partial charge in [-0.05, 0) is 37.1 Å². The predicted molar refractivity (Wildman–Crippen MR) is 83.1 cm³/mol. The lowest BCUT2D eigenvalue weighted by atomic mass is 10.1. The number of hydrogen-bond acceptors (Lipinski definition) is 4. The van der Waals surface area contributed by atoms with Gasteiger partial charge in [0.05, 0.1) is 16.5 Å². The molecule has 0 saturated heterocycles. The van der Waals surface area contributed by atoms with Gasteiger partial charge >= 0.3 is 0 Å². The van der Waals surface area contributed by atoms with E-state index in [2.05, 4.69) is 31.0 Å². The van der Waals surface area contributed by atoms with Crippen LogP contribution in [0, 0.1) is 13.8 Å². The summed E-state index contributed by atoms with van der Waals surface area (Å²) in [7, 11) is 0. The van der Waals surface area contributed by atoms with E-state index in [0.717, 1.165) is 22.1 Å². The van der Waals surface area contributed by atoms with Crippen LogP contribution < -0.4 is 10.5 Å². The predicted octanol–water partition coefficient (Wildman–Crippen LogP) is 3.02. The molecule has 2 N–H and O–H groups in total. The highest BCUT2D eigenvalue weighted by molar-refractivity contribution is 7.81. The van der Waals surface area contributed by atoms with Crippen LogP contribution in [0.3, 0.4) is 0 Å². The molecule has 5 heteroatoms. The standard InChI is InChI=1S/C14H16N2OS2/c1-9-3-4-11(7-10(9)2)17-6-5-13-16-8-12(19-13)14(15)18/h3-4,7-8H,5-6H2,1-2H3,(H2,15,18). The van der Waals surface area contributed by atoms with E-state index in [4.69, 9.17) is 22.7 Å². The van der Waals surface area contributed by atoms with Crippen LogP contribution in [0.2, 0.25) is 0 Å². The first-order valence-electron chi connectivity index (χ1n) is 6.01. The van der Waals surface area contributed by atoms with Crippen LogP contribution in [-0.2, 0) is 6.42 Å². The molecular formula is C14H16N2OS2. The zero-order chi connectivity index (χ0) is 13.8. The molecule has 0 atom stereocenters. The Balaban J connectivity index is 1.88. The average molecular weight is 292 g/mol. The summed E-state index contributed by atoms with van der Waals surface area (Å²) < 4.78 is 5.72. The molecule has 0 aliphatic rings. The Morgan fingerprint density at radius 3 is 2.79 bits per heavy atom. The number of thiocarbonyl (C=S) groups is 1. The van der Waals surface area contributed by atoms with Gasteiger partial charge in [-0.3, -0.25) is 0 Å². The molecule has 0 fully saturated rings. The number of nitrogens with zero attached hydrogens (tertiary/aromatic N) is 1. The van der Waals surface area contributed by atoms with Gasteiger partial charge in [-0.2, -0.15) is 0 Å². The second-order valence-corrected chi connectivity index (χ2v) is 5.88. The summed E-state index contributed by atoms with van der Waals surface area (Å²) >= 11 is 6.43. The first kappa shape index (κ1) is 14.0. The Hall–Kier alpha value is -1.46. The summed E-state index contributed by atoms with van der Waals surface area (Å²) in [4.78, 5) is 5.53. The lowest BCUT2D eigenvalue weighted by Gasteiger charge is -2.07. The molecule has 0 radical (unpaired) electrons.